The highest BCUT2D eigenvalue weighted by molar-refractivity contribution is 6.23. The molecule has 1 aromatic rings. The maximum absolute atomic E-state index is 12.6. The molecule has 3 fully saturated rings. The van der Waals surface area contributed by atoms with Crippen LogP contribution in [0.5, 0.6) is 5.75 Å². The normalized spacial score (nSPS) is 41.0. The van der Waals surface area contributed by atoms with Crippen molar-refractivity contribution >= 4 is 17.5 Å². The van der Waals surface area contributed by atoms with Gasteiger partial charge >= 0.3 is 0 Å². The zero-order valence-corrected chi connectivity index (χ0v) is 11.1. The van der Waals surface area contributed by atoms with Crippen molar-refractivity contribution in [1.29, 1.82) is 0 Å². The Labute approximate surface area is 120 Å². The van der Waals surface area contributed by atoms with Crippen LogP contribution in [0.25, 0.3) is 0 Å². The Morgan fingerprint density at radius 1 is 0.952 bits per heavy atom. The summed E-state index contributed by atoms with van der Waals surface area (Å²) < 4.78 is 0. The summed E-state index contributed by atoms with van der Waals surface area (Å²) in [6.07, 6.45) is -1.39. The number of nitrogens with zero attached hydrogens (tertiary/aromatic N) is 1. The molecule has 1 saturated heterocycles. The Kier molecular flexibility index (Phi) is 2.47. The van der Waals surface area contributed by atoms with E-state index in [1.165, 1.54) is 12.1 Å². The van der Waals surface area contributed by atoms with Crippen LogP contribution >= 0.6 is 0 Å². The first-order chi connectivity index (χ1) is 10.0. The molecule has 1 aliphatic heterocycles. The summed E-state index contributed by atoms with van der Waals surface area (Å²) in [6, 6.07) is 6.19. The predicted octanol–water partition coefficient (Wildman–Crippen LogP) is -0.131. The molecule has 0 unspecified atom stereocenters. The quantitative estimate of drug-likeness (QED) is 0.626. The largest absolute Gasteiger partial charge is 0.506 e. The topological polar surface area (TPSA) is 98.1 Å². The first-order valence-electron chi connectivity index (χ1n) is 7.04. The highest BCUT2D eigenvalue weighted by atomic mass is 16.3. The number of hydrogen-bond donors (Lipinski definition) is 3. The summed E-state index contributed by atoms with van der Waals surface area (Å²) in [4.78, 5) is 26.2. The predicted molar refractivity (Wildman–Crippen MR) is 71.2 cm³/mol. The molecule has 2 bridgehead atoms. The number of anilines is 1. The summed E-state index contributed by atoms with van der Waals surface area (Å²) in [5.41, 5.74) is 0.172. The summed E-state index contributed by atoms with van der Waals surface area (Å²) >= 11 is 0. The van der Waals surface area contributed by atoms with Gasteiger partial charge in [0.05, 0.1) is 29.7 Å². The summed E-state index contributed by atoms with van der Waals surface area (Å²) in [7, 11) is 0. The number of rotatable bonds is 1. The lowest BCUT2D eigenvalue weighted by Crippen LogP contribution is -2.43. The Bertz CT molecular complexity index is 613. The number of para-hydroxylation sites is 2. The highest BCUT2D eigenvalue weighted by Gasteiger charge is 2.67. The van der Waals surface area contributed by atoms with Crippen molar-refractivity contribution in [2.45, 2.75) is 18.6 Å². The number of carbonyl (C=O) groups is 2. The third-order valence-corrected chi connectivity index (χ3v) is 5.21. The van der Waals surface area contributed by atoms with Crippen molar-refractivity contribution in [3.05, 3.63) is 24.3 Å². The van der Waals surface area contributed by atoms with E-state index >= 15 is 0 Å². The number of phenols is 1. The van der Waals surface area contributed by atoms with Gasteiger partial charge in [0.15, 0.2) is 0 Å². The van der Waals surface area contributed by atoms with Crippen molar-refractivity contribution < 1.29 is 24.9 Å². The lowest BCUT2D eigenvalue weighted by Gasteiger charge is -2.29. The third kappa shape index (κ3) is 1.43. The minimum Gasteiger partial charge on any atom is -0.506 e. The second kappa shape index (κ2) is 4.05. The SMILES string of the molecule is O=C1[C@H]2[C@@H]3C[C@H]([C@@H](O)[C@H]3O)[C@@H]2C(=O)N1c1ccccc1O. The molecule has 1 aromatic carbocycles. The van der Waals surface area contributed by atoms with E-state index in [1.807, 2.05) is 0 Å². The first-order valence-corrected chi connectivity index (χ1v) is 7.04. The molecule has 3 N–H and O–H groups in total. The molecule has 2 amide bonds. The van der Waals surface area contributed by atoms with Crippen LogP contribution in [-0.4, -0.2) is 39.3 Å². The number of aliphatic hydroxyl groups is 2. The average Bonchev–Trinajstić information content (AvgIpc) is 3.06. The van der Waals surface area contributed by atoms with Crippen LogP contribution in [0.2, 0.25) is 0 Å². The van der Waals surface area contributed by atoms with Crippen molar-refractivity contribution in [3.8, 4) is 5.75 Å². The van der Waals surface area contributed by atoms with Crippen molar-refractivity contribution in [2.75, 3.05) is 4.90 Å². The van der Waals surface area contributed by atoms with Gasteiger partial charge in [0.2, 0.25) is 11.8 Å². The number of aromatic hydroxyl groups is 1. The summed E-state index contributed by atoms with van der Waals surface area (Å²) in [5, 5.41) is 29.8. The zero-order chi connectivity index (χ0) is 14.9. The van der Waals surface area contributed by atoms with E-state index in [4.69, 9.17) is 0 Å². The smallest absolute Gasteiger partial charge is 0.238 e. The number of phenolic OH excluding ortho intramolecular Hbond substituents is 1. The Morgan fingerprint density at radius 2 is 1.48 bits per heavy atom. The number of fused-ring (bicyclic) bond motifs is 5. The van der Waals surface area contributed by atoms with E-state index in [0.29, 0.717) is 6.42 Å². The minimum absolute atomic E-state index is 0.132. The van der Waals surface area contributed by atoms with Gasteiger partial charge in [0, 0.05) is 11.8 Å². The number of aliphatic hydroxyl groups excluding tert-OH is 2. The van der Waals surface area contributed by atoms with Crippen LogP contribution in [0.4, 0.5) is 5.69 Å². The van der Waals surface area contributed by atoms with E-state index in [9.17, 15) is 24.9 Å². The molecule has 110 valence electrons. The number of hydrogen-bond acceptors (Lipinski definition) is 5. The fourth-order valence-corrected chi connectivity index (χ4v) is 4.32. The molecule has 0 aromatic heterocycles. The van der Waals surface area contributed by atoms with Gasteiger partial charge in [-0.2, -0.15) is 0 Å². The molecule has 6 nitrogen and oxygen atoms in total. The molecule has 0 spiro atoms. The fourth-order valence-electron chi connectivity index (χ4n) is 4.32. The van der Waals surface area contributed by atoms with Gasteiger partial charge in [-0.1, -0.05) is 12.1 Å². The standard InChI is InChI=1S/C15H15NO5/c17-9-4-2-1-3-8(9)16-14(20)10-6-5-7(11(10)15(16)21)13(19)12(6)18/h1-4,6-7,10-13,17-19H,5H2/t6-,7-,10-,11-,12-,13+/m0/s1. The Morgan fingerprint density at radius 3 is 2.00 bits per heavy atom. The molecule has 0 radical (unpaired) electrons. The van der Waals surface area contributed by atoms with Crippen molar-refractivity contribution in [1.82, 2.24) is 0 Å². The Balaban J connectivity index is 1.77. The lowest BCUT2D eigenvalue weighted by atomic mass is 9.78. The van der Waals surface area contributed by atoms with Gasteiger partial charge in [-0.15, -0.1) is 0 Å². The lowest BCUT2D eigenvalue weighted by molar-refractivity contribution is -0.129. The van der Waals surface area contributed by atoms with Crippen molar-refractivity contribution in [2.24, 2.45) is 23.7 Å². The van der Waals surface area contributed by atoms with E-state index in [2.05, 4.69) is 0 Å². The van der Waals surface area contributed by atoms with Crippen molar-refractivity contribution in [3.63, 3.8) is 0 Å². The summed E-state index contributed by atoms with van der Waals surface area (Å²) in [5.74, 6) is -2.81. The third-order valence-electron chi connectivity index (χ3n) is 5.21. The fraction of sp³-hybridized carbons (Fsp3) is 0.467. The molecular formula is C15H15NO5. The minimum atomic E-state index is -0.947. The number of amides is 2. The van der Waals surface area contributed by atoms with Gasteiger partial charge < -0.3 is 15.3 Å². The van der Waals surface area contributed by atoms with Crippen LogP contribution in [-0.2, 0) is 9.59 Å². The van der Waals surface area contributed by atoms with Crippen LogP contribution in [0.3, 0.4) is 0 Å². The van der Waals surface area contributed by atoms with Crippen LogP contribution in [0.1, 0.15) is 6.42 Å². The monoisotopic (exact) mass is 289 g/mol. The molecule has 1 heterocycles. The van der Waals surface area contributed by atoms with Gasteiger partial charge in [0.1, 0.15) is 5.75 Å². The molecule has 2 aliphatic carbocycles. The van der Waals surface area contributed by atoms with Crippen LogP contribution in [0.15, 0.2) is 24.3 Å². The van der Waals surface area contributed by atoms with Gasteiger partial charge in [-0.05, 0) is 18.6 Å². The maximum Gasteiger partial charge on any atom is 0.238 e. The highest BCUT2D eigenvalue weighted by Crippen LogP contribution is 2.57. The molecule has 21 heavy (non-hydrogen) atoms. The summed E-state index contributed by atoms with van der Waals surface area (Å²) in [6.45, 7) is 0. The second-order valence-corrected chi connectivity index (χ2v) is 6.10. The van der Waals surface area contributed by atoms with E-state index in [1.54, 1.807) is 12.1 Å². The number of carbonyl (C=O) groups excluding carboxylic acids is 2. The maximum atomic E-state index is 12.6. The molecule has 6 atom stereocenters. The molecule has 2 saturated carbocycles. The van der Waals surface area contributed by atoms with Gasteiger partial charge in [-0.3, -0.25) is 9.59 Å². The molecule has 3 aliphatic rings. The second-order valence-electron chi connectivity index (χ2n) is 6.10. The van der Waals surface area contributed by atoms with Gasteiger partial charge in [-0.25, -0.2) is 4.90 Å². The van der Waals surface area contributed by atoms with Crippen LogP contribution in [0, 0.1) is 23.7 Å². The number of imide groups is 1. The Hall–Kier alpha value is -1.92. The van der Waals surface area contributed by atoms with Crippen LogP contribution < -0.4 is 4.90 Å². The number of benzene rings is 1. The average molecular weight is 289 g/mol. The first kappa shape index (κ1) is 12.8. The van der Waals surface area contributed by atoms with E-state index in [0.717, 1.165) is 4.90 Å². The molecular weight excluding hydrogens is 274 g/mol. The molecule has 6 heteroatoms. The van der Waals surface area contributed by atoms with E-state index < -0.39 is 24.0 Å². The molecule has 4 rings (SSSR count). The van der Waals surface area contributed by atoms with Gasteiger partial charge in [0.25, 0.3) is 0 Å². The van der Waals surface area contributed by atoms with E-state index in [-0.39, 0.29) is 35.1 Å². The zero-order valence-electron chi connectivity index (χ0n) is 11.1.